The zero-order chi connectivity index (χ0) is 20.4. The lowest BCUT2D eigenvalue weighted by Gasteiger charge is -2.24. The molecule has 152 valence electrons. The van der Waals surface area contributed by atoms with Crippen molar-refractivity contribution in [3.8, 4) is 5.75 Å². The van der Waals surface area contributed by atoms with Crippen LogP contribution < -0.4 is 4.74 Å². The molecule has 2 atom stereocenters. The van der Waals surface area contributed by atoms with Gasteiger partial charge >= 0.3 is 0 Å². The van der Waals surface area contributed by atoms with Crippen molar-refractivity contribution < 1.29 is 23.3 Å². The highest BCUT2D eigenvalue weighted by molar-refractivity contribution is 5.82. The van der Waals surface area contributed by atoms with Crippen molar-refractivity contribution in [2.75, 3.05) is 13.7 Å². The lowest BCUT2D eigenvalue weighted by atomic mass is 10.0. The molecule has 5 heteroatoms. The van der Waals surface area contributed by atoms with Gasteiger partial charge in [0, 0.05) is 13.2 Å². The Bertz CT molecular complexity index is 1000. The van der Waals surface area contributed by atoms with Crippen LogP contribution in [0.25, 0.3) is 10.8 Å². The monoisotopic (exact) mass is 396 g/mol. The molecule has 0 saturated carbocycles. The molecule has 3 aromatic carbocycles. The third kappa shape index (κ3) is 4.58. The SMILES string of the molecule is CO[C@@H](c1cc(F)cc(OCc2ccc3ccccc3c2)c1)[C@H]1COC(C)(C)O1. The molecule has 29 heavy (non-hydrogen) atoms. The highest BCUT2D eigenvalue weighted by Gasteiger charge is 2.38. The molecule has 1 aliphatic rings. The van der Waals surface area contributed by atoms with E-state index in [9.17, 15) is 4.39 Å². The minimum atomic E-state index is -0.676. The minimum absolute atomic E-state index is 0.315. The third-order valence-corrected chi connectivity index (χ3v) is 5.06. The van der Waals surface area contributed by atoms with E-state index in [0.29, 0.717) is 24.5 Å². The van der Waals surface area contributed by atoms with Gasteiger partial charge in [-0.25, -0.2) is 4.39 Å². The first kappa shape index (κ1) is 19.8. The van der Waals surface area contributed by atoms with Crippen LogP contribution in [0.2, 0.25) is 0 Å². The van der Waals surface area contributed by atoms with E-state index < -0.39 is 11.9 Å². The summed E-state index contributed by atoms with van der Waals surface area (Å²) in [5, 5.41) is 2.32. The Morgan fingerprint density at radius 2 is 1.86 bits per heavy atom. The molecule has 0 aromatic heterocycles. The van der Waals surface area contributed by atoms with Gasteiger partial charge in [0.25, 0.3) is 0 Å². The Balaban J connectivity index is 1.51. The van der Waals surface area contributed by atoms with Gasteiger partial charge in [-0.1, -0.05) is 36.4 Å². The molecular weight excluding hydrogens is 371 g/mol. The van der Waals surface area contributed by atoms with Crippen LogP contribution in [-0.4, -0.2) is 25.6 Å². The number of hydrogen-bond acceptors (Lipinski definition) is 4. The summed E-state index contributed by atoms with van der Waals surface area (Å²) in [4.78, 5) is 0. The van der Waals surface area contributed by atoms with Crippen molar-refractivity contribution >= 4 is 10.8 Å². The van der Waals surface area contributed by atoms with E-state index in [0.717, 1.165) is 10.9 Å². The zero-order valence-electron chi connectivity index (χ0n) is 16.9. The summed E-state index contributed by atoms with van der Waals surface area (Å²) < 4.78 is 37.3. The quantitative estimate of drug-likeness (QED) is 0.559. The molecule has 1 heterocycles. The summed E-state index contributed by atoms with van der Waals surface area (Å²) in [6.07, 6.45) is -0.763. The fourth-order valence-corrected chi connectivity index (χ4v) is 3.69. The molecule has 0 spiro atoms. The van der Waals surface area contributed by atoms with Crippen LogP contribution in [0.1, 0.15) is 31.1 Å². The van der Waals surface area contributed by atoms with E-state index in [-0.39, 0.29) is 11.9 Å². The van der Waals surface area contributed by atoms with Gasteiger partial charge in [-0.15, -0.1) is 0 Å². The van der Waals surface area contributed by atoms with Gasteiger partial charge in [0.1, 0.15) is 30.4 Å². The van der Waals surface area contributed by atoms with Crippen molar-refractivity contribution in [1.29, 1.82) is 0 Å². The van der Waals surface area contributed by atoms with Crippen LogP contribution in [0.15, 0.2) is 60.7 Å². The third-order valence-electron chi connectivity index (χ3n) is 5.06. The van der Waals surface area contributed by atoms with Gasteiger partial charge < -0.3 is 18.9 Å². The molecular formula is C24H25FO4. The summed E-state index contributed by atoms with van der Waals surface area (Å²) in [6, 6.07) is 18.9. The number of fused-ring (bicyclic) bond motifs is 1. The highest BCUT2D eigenvalue weighted by Crippen LogP contribution is 2.34. The van der Waals surface area contributed by atoms with Gasteiger partial charge in [0.15, 0.2) is 5.79 Å². The summed E-state index contributed by atoms with van der Waals surface area (Å²) in [5.74, 6) is -0.603. The second-order valence-corrected chi connectivity index (χ2v) is 7.71. The van der Waals surface area contributed by atoms with Crippen molar-refractivity contribution in [2.45, 2.75) is 38.4 Å². The van der Waals surface area contributed by atoms with Crippen molar-refractivity contribution in [1.82, 2.24) is 0 Å². The molecule has 0 unspecified atom stereocenters. The van der Waals surface area contributed by atoms with Crippen LogP contribution in [0.5, 0.6) is 5.75 Å². The largest absolute Gasteiger partial charge is 0.489 e. The molecule has 0 N–H and O–H groups in total. The smallest absolute Gasteiger partial charge is 0.163 e. The molecule has 0 bridgehead atoms. The Morgan fingerprint density at radius 1 is 1.07 bits per heavy atom. The normalized spacial score (nSPS) is 19.4. The molecule has 1 saturated heterocycles. The summed E-state index contributed by atoms with van der Waals surface area (Å²) >= 11 is 0. The summed E-state index contributed by atoms with van der Waals surface area (Å²) in [7, 11) is 1.58. The number of ether oxygens (including phenoxy) is 4. The predicted molar refractivity (Wildman–Crippen MR) is 109 cm³/mol. The first-order valence-electron chi connectivity index (χ1n) is 9.69. The zero-order valence-corrected chi connectivity index (χ0v) is 16.9. The van der Waals surface area contributed by atoms with E-state index in [1.54, 1.807) is 13.2 Å². The van der Waals surface area contributed by atoms with Crippen LogP contribution in [0.4, 0.5) is 4.39 Å². The first-order chi connectivity index (χ1) is 13.9. The summed E-state index contributed by atoms with van der Waals surface area (Å²) in [5.41, 5.74) is 1.68. The molecule has 0 amide bonds. The number of halogens is 1. The number of hydrogen-bond donors (Lipinski definition) is 0. The number of benzene rings is 3. The molecule has 3 aromatic rings. The number of rotatable bonds is 6. The second-order valence-electron chi connectivity index (χ2n) is 7.71. The van der Waals surface area contributed by atoms with Crippen LogP contribution >= 0.6 is 0 Å². The van der Waals surface area contributed by atoms with Crippen LogP contribution in [-0.2, 0) is 20.8 Å². The van der Waals surface area contributed by atoms with E-state index in [4.69, 9.17) is 18.9 Å². The molecule has 4 nitrogen and oxygen atoms in total. The van der Waals surface area contributed by atoms with E-state index in [2.05, 4.69) is 24.3 Å². The molecule has 0 radical (unpaired) electrons. The van der Waals surface area contributed by atoms with Gasteiger partial charge in [0.2, 0.25) is 0 Å². The first-order valence-corrected chi connectivity index (χ1v) is 9.69. The Labute approximate surface area is 170 Å². The maximum absolute atomic E-state index is 14.3. The number of methoxy groups -OCH3 is 1. The maximum Gasteiger partial charge on any atom is 0.163 e. The lowest BCUT2D eigenvalue weighted by Crippen LogP contribution is -2.26. The predicted octanol–water partition coefficient (Wildman–Crippen LogP) is 5.40. The van der Waals surface area contributed by atoms with Crippen molar-refractivity contribution in [3.05, 3.63) is 77.6 Å². The molecule has 0 aliphatic carbocycles. The lowest BCUT2D eigenvalue weighted by molar-refractivity contribution is -0.154. The van der Waals surface area contributed by atoms with Gasteiger partial charge in [-0.3, -0.25) is 0 Å². The van der Waals surface area contributed by atoms with Crippen molar-refractivity contribution in [3.63, 3.8) is 0 Å². The van der Waals surface area contributed by atoms with Crippen LogP contribution in [0.3, 0.4) is 0 Å². The highest BCUT2D eigenvalue weighted by atomic mass is 19.1. The second kappa shape index (κ2) is 8.11. The standard InChI is InChI=1S/C24H25FO4/c1-24(2)28-15-22(29-24)23(26-3)19-11-20(25)13-21(12-19)27-14-16-8-9-17-6-4-5-7-18(17)10-16/h4-13,22-23H,14-15H2,1-3H3/t22-,23+/m1/s1. The fourth-order valence-electron chi connectivity index (χ4n) is 3.69. The molecule has 1 aliphatic heterocycles. The Morgan fingerprint density at radius 3 is 2.59 bits per heavy atom. The van der Waals surface area contributed by atoms with Gasteiger partial charge in [-0.2, -0.15) is 0 Å². The van der Waals surface area contributed by atoms with Gasteiger partial charge in [0.05, 0.1) is 6.61 Å². The molecule has 4 rings (SSSR count). The fraction of sp³-hybridized carbons (Fsp3) is 0.333. The Kier molecular flexibility index (Phi) is 5.54. The van der Waals surface area contributed by atoms with E-state index in [1.807, 2.05) is 32.0 Å². The minimum Gasteiger partial charge on any atom is -0.489 e. The maximum atomic E-state index is 14.3. The van der Waals surface area contributed by atoms with E-state index in [1.165, 1.54) is 17.5 Å². The van der Waals surface area contributed by atoms with Gasteiger partial charge in [-0.05, 0) is 53.9 Å². The van der Waals surface area contributed by atoms with Crippen molar-refractivity contribution in [2.24, 2.45) is 0 Å². The summed E-state index contributed by atoms with van der Waals surface area (Å²) in [6.45, 7) is 4.43. The average molecular weight is 396 g/mol. The molecule has 1 fully saturated rings. The van der Waals surface area contributed by atoms with Crippen LogP contribution in [0, 0.1) is 5.82 Å². The average Bonchev–Trinajstić information content (AvgIpc) is 3.06. The Hall–Kier alpha value is -2.47. The van der Waals surface area contributed by atoms with E-state index >= 15 is 0 Å². The topological polar surface area (TPSA) is 36.9 Å².